The van der Waals surface area contributed by atoms with E-state index in [1.807, 2.05) is 7.05 Å². The third-order valence-corrected chi connectivity index (χ3v) is 3.49. The number of carbonyl (C=O) groups excluding carboxylic acids is 2. The molecule has 1 unspecified atom stereocenters. The van der Waals surface area contributed by atoms with Gasteiger partial charge in [0.15, 0.2) is 12.3 Å². The van der Waals surface area contributed by atoms with E-state index in [0.717, 1.165) is 4.90 Å². The fourth-order valence-electron chi connectivity index (χ4n) is 2.40. The van der Waals surface area contributed by atoms with E-state index in [4.69, 9.17) is 0 Å². The fourth-order valence-corrected chi connectivity index (χ4v) is 2.40. The number of likely N-dealkylation sites (N-methyl/N-ethyl adjacent to an activating group) is 1. The zero-order valence-corrected chi connectivity index (χ0v) is 13.2. The van der Waals surface area contributed by atoms with Crippen molar-refractivity contribution in [3.05, 3.63) is 65.5 Å². The first kappa shape index (κ1) is 16.8. The van der Waals surface area contributed by atoms with Gasteiger partial charge in [0.05, 0.1) is 12.7 Å². The second-order valence-corrected chi connectivity index (χ2v) is 5.55. The standard InChI is InChI=1S/C18H19FN2O2/c1-13(22)15-8-4-6-10-17(15)20-18(23)12-21(2)11-14-7-3-5-9-16(14)19/h3-10H,11-12H2,1-2H3,(H,20,23)/p+1. The summed E-state index contributed by atoms with van der Waals surface area (Å²) < 4.78 is 13.6. The Balaban J connectivity index is 1.97. The zero-order valence-electron chi connectivity index (χ0n) is 13.2. The van der Waals surface area contributed by atoms with Crippen molar-refractivity contribution in [2.45, 2.75) is 13.5 Å². The number of ketones is 1. The van der Waals surface area contributed by atoms with Gasteiger partial charge in [0.1, 0.15) is 12.4 Å². The number of quaternary nitrogens is 1. The molecule has 5 heteroatoms. The maximum atomic E-state index is 13.6. The Morgan fingerprint density at radius 2 is 1.74 bits per heavy atom. The molecule has 23 heavy (non-hydrogen) atoms. The van der Waals surface area contributed by atoms with E-state index in [1.165, 1.54) is 13.0 Å². The van der Waals surface area contributed by atoms with Gasteiger partial charge in [-0.25, -0.2) is 4.39 Å². The molecule has 0 aromatic heterocycles. The Morgan fingerprint density at radius 1 is 1.09 bits per heavy atom. The van der Waals surface area contributed by atoms with E-state index in [-0.39, 0.29) is 24.1 Å². The van der Waals surface area contributed by atoms with Gasteiger partial charge < -0.3 is 10.2 Å². The topological polar surface area (TPSA) is 50.6 Å². The molecule has 0 saturated heterocycles. The first-order chi connectivity index (χ1) is 11.0. The molecule has 2 aromatic rings. The molecule has 1 amide bonds. The molecule has 0 saturated carbocycles. The molecule has 0 aliphatic heterocycles. The number of para-hydroxylation sites is 1. The van der Waals surface area contributed by atoms with E-state index < -0.39 is 0 Å². The second-order valence-electron chi connectivity index (χ2n) is 5.55. The Morgan fingerprint density at radius 3 is 2.43 bits per heavy atom. The average molecular weight is 315 g/mol. The third-order valence-electron chi connectivity index (χ3n) is 3.49. The van der Waals surface area contributed by atoms with Crippen LogP contribution < -0.4 is 10.2 Å². The van der Waals surface area contributed by atoms with E-state index in [9.17, 15) is 14.0 Å². The molecule has 0 aliphatic rings. The molecule has 0 heterocycles. The molecule has 0 bridgehead atoms. The summed E-state index contributed by atoms with van der Waals surface area (Å²) in [5, 5.41) is 2.75. The van der Waals surface area contributed by atoms with Gasteiger partial charge in [-0.2, -0.15) is 0 Å². The molecule has 0 fully saturated rings. The fraction of sp³-hybridized carbons (Fsp3) is 0.222. The minimum atomic E-state index is -0.269. The van der Waals surface area contributed by atoms with Crippen LogP contribution in [-0.2, 0) is 11.3 Å². The van der Waals surface area contributed by atoms with Crippen LogP contribution in [0.5, 0.6) is 0 Å². The van der Waals surface area contributed by atoms with Gasteiger partial charge in [0.25, 0.3) is 5.91 Å². The molecule has 0 radical (unpaired) electrons. The van der Waals surface area contributed by atoms with E-state index in [1.54, 1.807) is 42.5 Å². The zero-order chi connectivity index (χ0) is 16.8. The van der Waals surface area contributed by atoms with Crippen molar-refractivity contribution in [1.29, 1.82) is 0 Å². The highest BCUT2D eigenvalue weighted by molar-refractivity contribution is 6.03. The third kappa shape index (κ3) is 4.72. The molecule has 120 valence electrons. The number of benzene rings is 2. The van der Waals surface area contributed by atoms with Gasteiger partial charge in [-0.1, -0.05) is 30.3 Å². The van der Waals surface area contributed by atoms with Gasteiger partial charge in [0.2, 0.25) is 0 Å². The summed E-state index contributed by atoms with van der Waals surface area (Å²) in [6.07, 6.45) is 0. The molecular weight excluding hydrogens is 295 g/mol. The summed E-state index contributed by atoms with van der Waals surface area (Å²) >= 11 is 0. The summed E-state index contributed by atoms with van der Waals surface area (Å²) in [4.78, 5) is 24.5. The SMILES string of the molecule is CC(=O)c1ccccc1NC(=O)C[NH+](C)Cc1ccccc1F. The smallest absolute Gasteiger partial charge is 0.279 e. The first-order valence-electron chi connectivity index (χ1n) is 7.42. The van der Waals surface area contributed by atoms with Gasteiger partial charge in [-0.15, -0.1) is 0 Å². The lowest BCUT2D eigenvalue weighted by Gasteiger charge is -2.15. The quantitative estimate of drug-likeness (QED) is 0.797. The Labute approximate surface area is 134 Å². The van der Waals surface area contributed by atoms with Crippen molar-refractivity contribution >= 4 is 17.4 Å². The minimum absolute atomic E-state index is 0.104. The first-order valence-corrected chi connectivity index (χ1v) is 7.42. The minimum Gasteiger partial charge on any atom is -0.326 e. The van der Waals surface area contributed by atoms with Crippen LogP contribution in [0.15, 0.2) is 48.5 Å². The van der Waals surface area contributed by atoms with E-state index in [0.29, 0.717) is 23.4 Å². The van der Waals surface area contributed by atoms with Crippen LogP contribution in [0.4, 0.5) is 10.1 Å². The van der Waals surface area contributed by atoms with Crippen LogP contribution in [0.2, 0.25) is 0 Å². The number of amides is 1. The molecule has 2 rings (SSSR count). The number of anilines is 1. The number of nitrogens with one attached hydrogen (secondary N) is 2. The van der Waals surface area contributed by atoms with E-state index in [2.05, 4.69) is 5.32 Å². The maximum absolute atomic E-state index is 13.6. The number of carbonyl (C=O) groups is 2. The number of hydrogen-bond donors (Lipinski definition) is 2. The Kier molecular flexibility index (Phi) is 5.60. The summed E-state index contributed by atoms with van der Waals surface area (Å²) in [6.45, 7) is 2.05. The van der Waals surface area contributed by atoms with Gasteiger partial charge >= 0.3 is 0 Å². The highest BCUT2D eigenvalue weighted by Crippen LogP contribution is 2.15. The summed E-state index contributed by atoms with van der Waals surface area (Å²) in [6, 6.07) is 13.4. The number of Topliss-reactive ketones (excluding diaryl/α,β-unsaturated/α-hetero) is 1. The molecule has 1 atom stereocenters. The van der Waals surface area contributed by atoms with Gasteiger partial charge in [-0.05, 0) is 25.1 Å². The lowest BCUT2D eigenvalue weighted by Crippen LogP contribution is -3.08. The van der Waals surface area contributed by atoms with Crippen molar-refractivity contribution in [3.8, 4) is 0 Å². The Bertz CT molecular complexity index is 716. The number of halogens is 1. The predicted molar refractivity (Wildman–Crippen MR) is 86.9 cm³/mol. The van der Waals surface area contributed by atoms with Crippen LogP contribution in [0.25, 0.3) is 0 Å². The largest absolute Gasteiger partial charge is 0.326 e. The monoisotopic (exact) mass is 315 g/mol. The molecule has 0 spiro atoms. The van der Waals surface area contributed by atoms with E-state index >= 15 is 0 Å². The number of hydrogen-bond acceptors (Lipinski definition) is 2. The Hall–Kier alpha value is -2.53. The van der Waals surface area contributed by atoms with Crippen molar-refractivity contribution in [2.24, 2.45) is 0 Å². The van der Waals surface area contributed by atoms with Crippen molar-refractivity contribution < 1.29 is 18.9 Å². The lowest BCUT2D eigenvalue weighted by molar-refractivity contribution is -0.885. The van der Waals surface area contributed by atoms with Crippen molar-refractivity contribution in [1.82, 2.24) is 0 Å². The van der Waals surface area contributed by atoms with Crippen LogP contribution in [-0.4, -0.2) is 25.3 Å². The van der Waals surface area contributed by atoms with Crippen molar-refractivity contribution in [3.63, 3.8) is 0 Å². The average Bonchev–Trinajstić information content (AvgIpc) is 2.49. The second kappa shape index (κ2) is 7.65. The summed E-state index contributed by atoms with van der Waals surface area (Å²) in [5.74, 6) is -0.588. The van der Waals surface area contributed by atoms with Crippen LogP contribution in [0.1, 0.15) is 22.8 Å². The van der Waals surface area contributed by atoms with Crippen molar-refractivity contribution in [2.75, 3.05) is 18.9 Å². The summed E-state index contributed by atoms with van der Waals surface area (Å²) in [7, 11) is 1.82. The van der Waals surface area contributed by atoms with Crippen LogP contribution in [0.3, 0.4) is 0 Å². The van der Waals surface area contributed by atoms with Gasteiger partial charge in [-0.3, -0.25) is 9.59 Å². The van der Waals surface area contributed by atoms with Crippen LogP contribution in [0, 0.1) is 5.82 Å². The summed E-state index contributed by atoms with van der Waals surface area (Å²) in [5.41, 5.74) is 1.55. The highest BCUT2D eigenvalue weighted by Gasteiger charge is 2.15. The molecule has 2 aromatic carbocycles. The molecule has 2 N–H and O–H groups in total. The molecule has 0 aliphatic carbocycles. The normalized spacial score (nSPS) is 11.8. The van der Waals surface area contributed by atoms with Gasteiger partial charge in [0, 0.05) is 11.1 Å². The van der Waals surface area contributed by atoms with Crippen LogP contribution >= 0.6 is 0 Å². The molecular formula is C18H20FN2O2+. The number of rotatable bonds is 6. The lowest BCUT2D eigenvalue weighted by atomic mass is 10.1. The highest BCUT2D eigenvalue weighted by atomic mass is 19.1. The maximum Gasteiger partial charge on any atom is 0.279 e. The molecule has 4 nitrogen and oxygen atoms in total. The predicted octanol–water partition coefficient (Wildman–Crippen LogP) is 1.68.